The highest BCUT2D eigenvalue weighted by Crippen LogP contribution is 2.69. The average Bonchev–Trinajstić information content (AvgIpc) is 3.04. The van der Waals surface area contributed by atoms with Crippen molar-refractivity contribution in [2.75, 3.05) is 13.2 Å². The molecule has 0 radical (unpaired) electrons. The van der Waals surface area contributed by atoms with E-state index >= 15 is 0 Å². The van der Waals surface area contributed by atoms with Gasteiger partial charge in [0.2, 0.25) is 0 Å². The highest BCUT2D eigenvalue weighted by Gasteiger charge is 2.80. The normalized spacial score (nSPS) is 46.8. The average molecular weight is 270 g/mol. The van der Waals surface area contributed by atoms with E-state index in [1.807, 2.05) is 12.2 Å². The number of nitrogens with zero attached hydrogens (tertiary/aromatic N) is 3. The second kappa shape index (κ2) is 3.41. The Morgan fingerprint density at radius 1 is 1.15 bits per heavy atom. The molecule has 0 unspecified atom stereocenters. The molecule has 2 N–H and O–H groups in total. The molecule has 2 bridgehead atoms. The van der Waals surface area contributed by atoms with Crippen LogP contribution in [0.4, 0.5) is 0 Å². The van der Waals surface area contributed by atoms with Gasteiger partial charge in [0, 0.05) is 11.8 Å². The molecule has 0 aromatic carbocycles. The molecule has 0 amide bonds. The third kappa shape index (κ3) is 0.895. The van der Waals surface area contributed by atoms with E-state index in [2.05, 4.69) is 17.1 Å². The van der Waals surface area contributed by atoms with Crippen LogP contribution in [0.15, 0.2) is 17.1 Å². The summed E-state index contributed by atoms with van der Waals surface area (Å²) in [7, 11) is 0. The number of nitriles is 2. The van der Waals surface area contributed by atoms with Crippen molar-refractivity contribution in [3.05, 3.63) is 12.2 Å². The predicted octanol–water partition coefficient (Wildman–Crippen LogP) is 0.674. The van der Waals surface area contributed by atoms with E-state index in [9.17, 15) is 10.5 Å². The van der Waals surface area contributed by atoms with Crippen LogP contribution >= 0.6 is 0 Å². The summed E-state index contributed by atoms with van der Waals surface area (Å²) < 4.78 is 11.4. The van der Waals surface area contributed by atoms with E-state index in [1.165, 1.54) is 0 Å². The number of hydrogen-bond acceptors (Lipinski definition) is 6. The Morgan fingerprint density at radius 3 is 2.35 bits per heavy atom. The molecule has 20 heavy (non-hydrogen) atoms. The fraction of sp³-hybridized carbons (Fsp3) is 0.643. The second-order valence-electron chi connectivity index (χ2n) is 5.79. The standard InChI is InChI=1S/C14H14N4O2/c15-7-12-9-1-3-10(4-2-9)13(12,8-16)14(18-11(12)17)19-5-6-20-14/h1,3,9-10H,2,4-6H2,(H2,17,18)/t9-,10-,12-,13+/m0/s1. The molecular weight excluding hydrogens is 256 g/mol. The van der Waals surface area contributed by atoms with Gasteiger partial charge in [-0.05, 0) is 12.8 Å². The predicted molar refractivity (Wildman–Crippen MR) is 67.7 cm³/mol. The molecule has 0 aromatic rings. The van der Waals surface area contributed by atoms with E-state index in [4.69, 9.17) is 15.2 Å². The molecule has 2 heterocycles. The summed E-state index contributed by atoms with van der Waals surface area (Å²) in [5.41, 5.74) is 3.81. The summed E-state index contributed by atoms with van der Waals surface area (Å²) >= 11 is 0. The van der Waals surface area contributed by atoms with E-state index in [0.717, 1.165) is 12.8 Å². The maximum absolute atomic E-state index is 9.99. The lowest BCUT2D eigenvalue weighted by atomic mass is 9.45. The van der Waals surface area contributed by atoms with Gasteiger partial charge in [0.15, 0.2) is 5.41 Å². The fourth-order valence-electron chi connectivity index (χ4n) is 4.50. The van der Waals surface area contributed by atoms with E-state index in [-0.39, 0.29) is 17.7 Å². The molecule has 5 aliphatic rings. The molecule has 6 heteroatoms. The molecular formula is C14H14N4O2. The lowest BCUT2D eigenvalue weighted by molar-refractivity contribution is -0.244. The van der Waals surface area contributed by atoms with Crippen molar-refractivity contribution in [2.45, 2.75) is 18.8 Å². The van der Waals surface area contributed by atoms with Gasteiger partial charge in [-0.25, -0.2) is 4.99 Å². The Morgan fingerprint density at radius 2 is 1.80 bits per heavy atom. The molecule has 2 fully saturated rings. The van der Waals surface area contributed by atoms with E-state index in [0.29, 0.717) is 13.2 Å². The SMILES string of the molecule is N#C[C@@]12[C@H]3C=C[C@@H](CC3)[C@@]1(C#N)C(N)=NC21OCCO1. The smallest absolute Gasteiger partial charge is 0.293 e. The van der Waals surface area contributed by atoms with Crippen LogP contribution in [0.5, 0.6) is 0 Å². The quantitative estimate of drug-likeness (QED) is 0.651. The zero-order valence-corrected chi connectivity index (χ0v) is 10.9. The maximum Gasteiger partial charge on any atom is 0.293 e. The lowest BCUT2D eigenvalue weighted by Gasteiger charge is -2.54. The van der Waals surface area contributed by atoms with Crippen LogP contribution in [0.25, 0.3) is 0 Å². The topological polar surface area (TPSA) is 104 Å². The van der Waals surface area contributed by atoms with Crippen molar-refractivity contribution >= 4 is 5.84 Å². The number of allylic oxidation sites excluding steroid dienone is 2. The Kier molecular flexibility index (Phi) is 2.03. The highest BCUT2D eigenvalue weighted by atomic mass is 16.8. The van der Waals surface area contributed by atoms with Gasteiger partial charge in [-0.15, -0.1) is 0 Å². The Labute approximate surface area is 116 Å². The number of hydrogen-bond donors (Lipinski definition) is 1. The molecule has 102 valence electrons. The number of aliphatic imine (C=N–C) groups is 1. The Bertz CT molecular complexity index is 622. The summed E-state index contributed by atoms with van der Waals surface area (Å²) in [6.07, 6.45) is 5.68. The van der Waals surface area contributed by atoms with Crippen LogP contribution in [-0.4, -0.2) is 25.0 Å². The molecule has 3 aliphatic carbocycles. The first kappa shape index (κ1) is 11.9. The number of ether oxygens (including phenoxy) is 2. The second-order valence-corrected chi connectivity index (χ2v) is 5.79. The third-order valence-electron chi connectivity index (χ3n) is 5.30. The molecule has 1 saturated carbocycles. The third-order valence-corrected chi connectivity index (χ3v) is 5.30. The van der Waals surface area contributed by atoms with E-state index < -0.39 is 16.7 Å². The number of amidine groups is 1. The zero-order chi connectivity index (χ0) is 14.0. The van der Waals surface area contributed by atoms with Crippen molar-refractivity contribution in [3.8, 4) is 12.1 Å². The van der Waals surface area contributed by atoms with Crippen LogP contribution in [0.1, 0.15) is 12.8 Å². The highest BCUT2D eigenvalue weighted by molar-refractivity contribution is 5.95. The first-order valence-electron chi connectivity index (χ1n) is 6.81. The van der Waals surface area contributed by atoms with Gasteiger partial charge in [0.25, 0.3) is 5.91 Å². The van der Waals surface area contributed by atoms with Gasteiger partial charge in [0.05, 0.1) is 25.4 Å². The summed E-state index contributed by atoms with van der Waals surface area (Å²) in [4.78, 5) is 4.36. The summed E-state index contributed by atoms with van der Waals surface area (Å²) in [5, 5.41) is 19.9. The molecule has 5 rings (SSSR count). The minimum Gasteiger partial charge on any atom is -0.386 e. The first-order chi connectivity index (χ1) is 9.67. The molecule has 6 nitrogen and oxygen atoms in total. The maximum atomic E-state index is 9.99. The summed E-state index contributed by atoms with van der Waals surface area (Å²) in [5.74, 6) is -1.45. The Balaban J connectivity index is 2.05. The van der Waals surface area contributed by atoms with Crippen molar-refractivity contribution in [1.29, 1.82) is 10.5 Å². The van der Waals surface area contributed by atoms with Crippen LogP contribution < -0.4 is 5.73 Å². The fourth-order valence-corrected chi connectivity index (χ4v) is 4.50. The Hall–Kier alpha value is -1.89. The van der Waals surface area contributed by atoms with Gasteiger partial charge >= 0.3 is 0 Å². The largest absolute Gasteiger partial charge is 0.386 e. The minimum atomic E-state index is -1.41. The van der Waals surface area contributed by atoms with Crippen LogP contribution in [0.2, 0.25) is 0 Å². The molecule has 1 saturated heterocycles. The van der Waals surface area contributed by atoms with E-state index in [1.54, 1.807) is 0 Å². The number of nitrogens with two attached hydrogens (primary N) is 1. The van der Waals surface area contributed by atoms with Crippen molar-refractivity contribution < 1.29 is 9.47 Å². The number of rotatable bonds is 0. The van der Waals surface area contributed by atoms with Gasteiger partial charge < -0.3 is 15.2 Å². The van der Waals surface area contributed by atoms with Gasteiger partial charge in [-0.2, -0.15) is 10.5 Å². The lowest BCUT2D eigenvalue weighted by Crippen LogP contribution is -2.64. The summed E-state index contributed by atoms with van der Waals surface area (Å²) in [6.45, 7) is 0.728. The zero-order valence-electron chi connectivity index (χ0n) is 10.9. The molecule has 1 spiro atoms. The monoisotopic (exact) mass is 270 g/mol. The molecule has 2 aliphatic heterocycles. The minimum absolute atomic E-state index is 0.104. The van der Waals surface area contributed by atoms with Gasteiger partial charge in [0.1, 0.15) is 11.3 Å². The first-order valence-corrected chi connectivity index (χ1v) is 6.81. The van der Waals surface area contributed by atoms with Crippen LogP contribution in [0.3, 0.4) is 0 Å². The summed E-state index contributed by atoms with van der Waals surface area (Å²) in [6, 6.07) is 4.66. The molecule has 4 atom stereocenters. The van der Waals surface area contributed by atoms with Crippen LogP contribution in [-0.2, 0) is 9.47 Å². The van der Waals surface area contributed by atoms with Crippen LogP contribution in [0, 0.1) is 45.3 Å². The van der Waals surface area contributed by atoms with Crippen molar-refractivity contribution in [3.63, 3.8) is 0 Å². The van der Waals surface area contributed by atoms with Gasteiger partial charge in [-0.3, -0.25) is 0 Å². The molecule has 0 aromatic heterocycles. The van der Waals surface area contributed by atoms with Crippen molar-refractivity contribution in [1.82, 2.24) is 0 Å². The van der Waals surface area contributed by atoms with Gasteiger partial charge in [-0.1, -0.05) is 12.2 Å². The number of fused-ring (bicyclic) bond motifs is 1. The van der Waals surface area contributed by atoms with Crippen molar-refractivity contribution in [2.24, 2.45) is 33.4 Å².